The molecule has 2 N–H and O–H groups in total. The lowest BCUT2D eigenvalue weighted by Gasteiger charge is -2.37. The van der Waals surface area contributed by atoms with Crippen molar-refractivity contribution in [2.75, 3.05) is 30.4 Å². The molecule has 104 valence electrons. The highest BCUT2D eigenvalue weighted by molar-refractivity contribution is 5.59. The molecule has 1 aliphatic carbocycles. The van der Waals surface area contributed by atoms with Crippen molar-refractivity contribution < 1.29 is 10.0 Å². The number of hydrogen-bond donors (Lipinski definition) is 2. The molecule has 0 atom stereocenters. The Morgan fingerprint density at radius 3 is 2.84 bits per heavy atom. The van der Waals surface area contributed by atoms with Crippen LogP contribution in [0.1, 0.15) is 19.3 Å². The van der Waals surface area contributed by atoms with Gasteiger partial charge in [-0.1, -0.05) is 0 Å². The Hall–Kier alpha value is -1.96. The van der Waals surface area contributed by atoms with Crippen LogP contribution >= 0.6 is 0 Å². The topological polar surface area (TPSA) is 104 Å². The number of rotatable bonds is 6. The molecule has 1 aromatic heterocycles. The van der Waals surface area contributed by atoms with E-state index in [1.165, 1.54) is 6.20 Å². The molecule has 19 heavy (non-hydrogen) atoms. The number of anilines is 2. The van der Waals surface area contributed by atoms with Gasteiger partial charge in [-0.25, -0.2) is 4.98 Å². The van der Waals surface area contributed by atoms with E-state index in [-0.39, 0.29) is 24.2 Å². The highest BCUT2D eigenvalue weighted by Gasteiger charge is 2.31. The number of nitrogens with zero attached hydrogens (tertiary/aromatic N) is 4. The Kier molecular flexibility index (Phi) is 4.10. The molecule has 0 unspecified atom stereocenters. The van der Waals surface area contributed by atoms with Gasteiger partial charge in [0.15, 0.2) is 0 Å². The average molecular weight is 267 g/mol. The Morgan fingerprint density at radius 2 is 2.37 bits per heavy atom. The second-order valence-corrected chi connectivity index (χ2v) is 4.41. The quantitative estimate of drug-likeness (QED) is 0.579. The normalized spacial score (nSPS) is 14.8. The van der Waals surface area contributed by atoms with Gasteiger partial charge in [-0.05, 0) is 19.3 Å². The molecule has 2 rings (SSSR count). The molecule has 0 spiro atoms. The molecular weight excluding hydrogens is 250 g/mol. The van der Waals surface area contributed by atoms with Crippen LogP contribution in [0.25, 0.3) is 0 Å². The number of nitro groups is 1. The molecular formula is C11H17N5O3. The summed E-state index contributed by atoms with van der Waals surface area (Å²) in [5, 5.41) is 23.0. The average Bonchev–Trinajstić information content (AvgIpc) is 2.35. The molecule has 1 aliphatic rings. The van der Waals surface area contributed by atoms with E-state index >= 15 is 0 Å². The lowest BCUT2D eigenvalue weighted by atomic mass is 9.91. The number of aliphatic hydroxyl groups is 1. The first kappa shape index (κ1) is 13.5. The molecule has 0 amide bonds. The fourth-order valence-corrected chi connectivity index (χ4v) is 2.09. The van der Waals surface area contributed by atoms with Crippen LogP contribution < -0.4 is 10.2 Å². The summed E-state index contributed by atoms with van der Waals surface area (Å²) in [6.07, 6.45) is 4.24. The first-order chi connectivity index (χ1) is 9.17. The molecule has 0 aliphatic heterocycles. The van der Waals surface area contributed by atoms with Crippen LogP contribution in [0.4, 0.5) is 17.5 Å². The Labute approximate surface area is 110 Å². The molecule has 0 bridgehead atoms. The Morgan fingerprint density at radius 1 is 1.63 bits per heavy atom. The van der Waals surface area contributed by atoms with E-state index in [1.54, 1.807) is 7.05 Å². The lowest BCUT2D eigenvalue weighted by molar-refractivity contribution is -0.384. The number of nitrogens with one attached hydrogen (secondary N) is 1. The monoisotopic (exact) mass is 267 g/mol. The van der Waals surface area contributed by atoms with Gasteiger partial charge in [-0.15, -0.1) is 0 Å². The zero-order chi connectivity index (χ0) is 13.8. The van der Waals surface area contributed by atoms with Crippen molar-refractivity contribution >= 4 is 17.5 Å². The lowest BCUT2D eigenvalue weighted by Crippen LogP contribution is -2.42. The minimum atomic E-state index is -0.488. The van der Waals surface area contributed by atoms with E-state index < -0.39 is 4.92 Å². The van der Waals surface area contributed by atoms with Gasteiger partial charge in [0.05, 0.1) is 11.5 Å². The van der Waals surface area contributed by atoms with Gasteiger partial charge >= 0.3 is 5.69 Å². The van der Waals surface area contributed by atoms with Gasteiger partial charge < -0.3 is 15.3 Å². The van der Waals surface area contributed by atoms with Crippen molar-refractivity contribution in [3.63, 3.8) is 0 Å². The smallest absolute Gasteiger partial charge is 0.329 e. The summed E-state index contributed by atoms with van der Waals surface area (Å²) in [6.45, 7) is 0.276. The number of aliphatic hydroxyl groups excluding tert-OH is 1. The highest BCUT2D eigenvalue weighted by atomic mass is 16.6. The summed E-state index contributed by atoms with van der Waals surface area (Å²) < 4.78 is 0. The predicted octanol–water partition coefficient (Wildman–Crippen LogP) is 0.778. The zero-order valence-corrected chi connectivity index (χ0v) is 10.7. The van der Waals surface area contributed by atoms with Crippen molar-refractivity contribution in [3.8, 4) is 0 Å². The van der Waals surface area contributed by atoms with Crippen LogP contribution in [-0.4, -0.2) is 46.2 Å². The van der Waals surface area contributed by atoms with Crippen LogP contribution in [0.3, 0.4) is 0 Å². The molecule has 8 heteroatoms. The van der Waals surface area contributed by atoms with E-state index in [0.29, 0.717) is 12.5 Å². The molecule has 8 nitrogen and oxygen atoms in total. The van der Waals surface area contributed by atoms with Gasteiger partial charge in [0.2, 0.25) is 11.8 Å². The summed E-state index contributed by atoms with van der Waals surface area (Å²) in [5.74, 6) is 0.617. The van der Waals surface area contributed by atoms with Crippen molar-refractivity contribution in [1.29, 1.82) is 0 Å². The van der Waals surface area contributed by atoms with Crippen LogP contribution in [0, 0.1) is 10.1 Å². The van der Waals surface area contributed by atoms with E-state index in [1.807, 2.05) is 4.90 Å². The van der Waals surface area contributed by atoms with Crippen LogP contribution in [-0.2, 0) is 0 Å². The maximum atomic E-state index is 11.1. The SMILES string of the molecule is CNc1ncc([N+](=O)[O-])c(N(CCO)C2CCC2)n1. The van der Waals surface area contributed by atoms with Gasteiger partial charge in [-0.2, -0.15) is 4.98 Å². The molecule has 0 radical (unpaired) electrons. The van der Waals surface area contributed by atoms with Gasteiger partial charge in [0.1, 0.15) is 6.20 Å². The summed E-state index contributed by atoms with van der Waals surface area (Å²) >= 11 is 0. The van der Waals surface area contributed by atoms with E-state index in [0.717, 1.165) is 19.3 Å². The van der Waals surface area contributed by atoms with Gasteiger partial charge in [0, 0.05) is 19.6 Å². The number of aromatic nitrogens is 2. The standard InChI is InChI=1S/C11H17N5O3/c1-12-11-13-7-9(16(18)19)10(14-11)15(5-6-17)8-3-2-4-8/h7-8,17H,2-6H2,1H3,(H,12,13,14). The third-order valence-corrected chi connectivity index (χ3v) is 3.30. The molecule has 1 saturated carbocycles. The molecule has 1 fully saturated rings. The summed E-state index contributed by atoms with van der Waals surface area (Å²) in [6, 6.07) is 0.213. The van der Waals surface area contributed by atoms with Gasteiger partial charge in [0.25, 0.3) is 0 Å². The maximum absolute atomic E-state index is 11.1. The van der Waals surface area contributed by atoms with Crippen molar-refractivity contribution in [3.05, 3.63) is 16.3 Å². The third kappa shape index (κ3) is 2.73. The van der Waals surface area contributed by atoms with E-state index in [2.05, 4.69) is 15.3 Å². The molecule has 1 heterocycles. The first-order valence-electron chi connectivity index (χ1n) is 6.24. The summed E-state index contributed by atoms with van der Waals surface area (Å²) in [7, 11) is 1.66. The fourth-order valence-electron chi connectivity index (χ4n) is 2.09. The van der Waals surface area contributed by atoms with Gasteiger partial charge in [-0.3, -0.25) is 10.1 Å². The summed E-state index contributed by atoms with van der Waals surface area (Å²) in [5.41, 5.74) is -0.126. The highest BCUT2D eigenvalue weighted by Crippen LogP contribution is 2.33. The van der Waals surface area contributed by atoms with Crippen molar-refractivity contribution in [2.24, 2.45) is 0 Å². The molecule has 1 aromatic rings. The zero-order valence-electron chi connectivity index (χ0n) is 10.7. The Bertz CT molecular complexity index is 464. The van der Waals surface area contributed by atoms with Crippen LogP contribution in [0.2, 0.25) is 0 Å². The molecule has 0 saturated heterocycles. The van der Waals surface area contributed by atoms with Crippen molar-refractivity contribution in [2.45, 2.75) is 25.3 Å². The van der Waals surface area contributed by atoms with E-state index in [9.17, 15) is 10.1 Å². The second kappa shape index (κ2) is 5.79. The number of hydrogen-bond acceptors (Lipinski definition) is 7. The Balaban J connectivity index is 2.39. The molecule has 0 aromatic carbocycles. The summed E-state index contributed by atoms with van der Waals surface area (Å²) in [4.78, 5) is 20.5. The second-order valence-electron chi connectivity index (χ2n) is 4.41. The van der Waals surface area contributed by atoms with E-state index in [4.69, 9.17) is 5.11 Å². The predicted molar refractivity (Wildman–Crippen MR) is 70.3 cm³/mol. The maximum Gasteiger partial charge on any atom is 0.329 e. The minimum absolute atomic E-state index is 0.0630. The fraction of sp³-hybridized carbons (Fsp3) is 0.636. The minimum Gasteiger partial charge on any atom is -0.395 e. The van der Waals surface area contributed by atoms with Crippen LogP contribution in [0.15, 0.2) is 6.20 Å². The third-order valence-electron chi connectivity index (χ3n) is 3.30. The first-order valence-corrected chi connectivity index (χ1v) is 6.24. The largest absolute Gasteiger partial charge is 0.395 e. The van der Waals surface area contributed by atoms with Crippen LogP contribution in [0.5, 0.6) is 0 Å². The van der Waals surface area contributed by atoms with Crippen molar-refractivity contribution in [1.82, 2.24) is 9.97 Å².